The average Bonchev–Trinajstić information content (AvgIpc) is 3.18. The maximum Gasteiger partial charge on any atom is 0.369 e. The molecular weight excluding hydrogens is 288 g/mol. The first-order chi connectivity index (χ1) is 10.7. The van der Waals surface area contributed by atoms with Crippen molar-refractivity contribution in [2.24, 2.45) is 0 Å². The number of aromatic nitrogens is 3. The largest absolute Gasteiger partial charge is 0.369 e. The summed E-state index contributed by atoms with van der Waals surface area (Å²) in [5.74, 6) is -2.17. The van der Waals surface area contributed by atoms with Crippen LogP contribution >= 0.6 is 0 Å². The van der Waals surface area contributed by atoms with Crippen LogP contribution in [0.2, 0.25) is 0 Å². The van der Waals surface area contributed by atoms with E-state index >= 15 is 0 Å². The molecule has 0 saturated heterocycles. The summed E-state index contributed by atoms with van der Waals surface area (Å²) in [7, 11) is 0. The minimum atomic E-state index is -0.841. The Balaban J connectivity index is 1.65. The molecule has 4 rings (SSSR count). The Kier molecular flexibility index (Phi) is 2.40. The molecule has 1 aromatic carbocycles. The van der Waals surface area contributed by atoms with E-state index in [4.69, 9.17) is 4.84 Å². The summed E-state index contributed by atoms with van der Waals surface area (Å²) in [6.45, 7) is 0. The number of hydrogen-bond donors (Lipinski definition) is 1. The number of hydroxylamine groups is 2. The first-order valence-corrected chi connectivity index (χ1v) is 6.37. The smallest absolute Gasteiger partial charge is 0.324 e. The monoisotopic (exact) mass is 296 g/mol. The van der Waals surface area contributed by atoms with Crippen molar-refractivity contribution in [3.05, 3.63) is 59.5 Å². The van der Waals surface area contributed by atoms with Crippen molar-refractivity contribution in [2.75, 3.05) is 0 Å². The highest BCUT2D eigenvalue weighted by Gasteiger charge is 2.39. The molecule has 2 aromatic heterocycles. The molecule has 2 amide bonds. The van der Waals surface area contributed by atoms with Crippen LogP contribution in [-0.4, -0.2) is 37.4 Å². The molecule has 0 spiro atoms. The highest BCUT2D eigenvalue weighted by molar-refractivity contribution is 6.21. The predicted molar refractivity (Wildman–Crippen MR) is 71.9 cm³/mol. The maximum absolute atomic E-state index is 12.2. The van der Waals surface area contributed by atoms with Gasteiger partial charge in [-0.2, -0.15) is 0 Å². The number of amides is 2. The Morgan fingerprint density at radius 2 is 1.82 bits per heavy atom. The van der Waals surface area contributed by atoms with Crippen molar-refractivity contribution in [1.82, 2.24) is 19.7 Å². The molecule has 0 atom stereocenters. The molecule has 0 saturated carbocycles. The molecular formula is C14H8N4O4. The number of hydrogen-bond acceptors (Lipinski definition) is 5. The number of H-pyrrole nitrogens is 1. The van der Waals surface area contributed by atoms with Gasteiger partial charge in [0.25, 0.3) is 11.8 Å². The van der Waals surface area contributed by atoms with Crippen LogP contribution in [0.5, 0.6) is 0 Å². The van der Waals surface area contributed by atoms with Crippen LogP contribution in [0.25, 0.3) is 5.65 Å². The van der Waals surface area contributed by atoms with E-state index < -0.39 is 17.8 Å². The van der Waals surface area contributed by atoms with Crippen LogP contribution in [0.1, 0.15) is 31.1 Å². The lowest BCUT2D eigenvalue weighted by atomic mass is 10.1. The van der Waals surface area contributed by atoms with E-state index in [1.54, 1.807) is 18.3 Å². The third-order valence-corrected chi connectivity index (χ3v) is 3.38. The summed E-state index contributed by atoms with van der Waals surface area (Å²) < 4.78 is 1.51. The summed E-state index contributed by atoms with van der Waals surface area (Å²) in [5.41, 5.74) is 0.892. The number of fused-ring (bicyclic) bond motifs is 2. The molecule has 1 aliphatic rings. The molecule has 0 unspecified atom stereocenters. The molecule has 1 aliphatic heterocycles. The minimum Gasteiger partial charge on any atom is -0.324 e. The summed E-state index contributed by atoms with van der Waals surface area (Å²) in [6, 6.07) is 6.28. The summed E-state index contributed by atoms with van der Waals surface area (Å²) in [6.07, 6.45) is 4.52. The molecule has 3 aromatic rings. The van der Waals surface area contributed by atoms with Crippen LogP contribution in [0.4, 0.5) is 0 Å². The topological polar surface area (TPSA) is 96.8 Å². The van der Waals surface area contributed by atoms with E-state index in [2.05, 4.69) is 10.1 Å². The Hall–Kier alpha value is -3.42. The van der Waals surface area contributed by atoms with Gasteiger partial charge in [0.05, 0.1) is 11.1 Å². The number of imidazole rings is 1. The van der Waals surface area contributed by atoms with Gasteiger partial charge >= 0.3 is 5.97 Å². The third-order valence-electron chi connectivity index (χ3n) is 3.38. The fourth-order valence-corrected chi connectivity index (χ4v) is 2.34. The second-order valence-electron chi connectivity index (χ2n) is 4.64. The zero-order valence-electron chi connectivity index (χ0n) is 11.0. The van der Waals surface area contributed by atoms with Crippen LogP contribution in [0, 0.1) is 0 Å². The summed E-state index contributed by atoms with van der Waals surface area (Å²) in [4.78, 5) is 45.4. The van der Waals surface area contributed by atoms with Gasteiger partial charge in [-0.05, 0) is 12.1 Å². The lowest BCUT2D eigenvalue weighted by molar-refractivity contribution is -0.0583. The number of nitrogens with zero attached hydrogens (tertiary/aromatic N) is 3. The first kappa shape index (κ1) is 12.3. The van der Waals surface area contributed by atoms with Crippen LogP contribution in [0.15, 0.2) is 42.9 Å². The Labute approximate surface area is 122 Å². The fourth-order valence-electron chi connectivity index (χ4n) is 2.34. The van der Waals surface area contributed by atoms with Crippen molar-refractivity contribution < 1.29 is 19.2 Å². The molecule has 8 heteroatoms. The van der Waals surface area contributed by atoms with E-state index in [1.165, 1.54) is 29.0 Å². The van der Waals surface area contributed by atoms with Crippen molar-refractivity contribution >= 4 is 23.4 Å². The Bertz CT molecular complexity index is 904. The standard InChI is InChI=1S/C14H8N4O4/c19-12-8-3-1-2-4-9(8)13(20)18(12)22-14(21)10-7-16-17-6-5-15-11(10)17/h1-7,16H. The SMILES string of the molecule is O=C(ON1C(=O)c2ccccc2C1=O)c1c[nH]n2ccnc12. The molecule has 0 bridgehead atoms. The number of benzene rings is 1. The third kappa shape index (κ3) is 1.57. The lowest BCUT2D eigenvalue weighted by Crippen LogP contribution is -2.32. The summed E-state index contributed by atoms with van der Waals surface area (Å²) >= 11 is 0. The van der Waals surface area contributed by atoms with Crippen LogP contribution < -0.4 is 0 Å². The van der Waals surface area contributed by atoms with Crippen molar-refractivity contribution in [2.45, 2.75) is 0 Å². The van der Waals surface area contributed by atoms with Gasteiger partial charge in [0.1, 0.15) is 5.56 Å². The predicted octanol–water partition coefficient (Wildman–Crippen LogP) is 1.03. The zero-order chi connectivity index (χ0) is 15.3. The molecule has 0 fully saturated rings. The normalized spacial score (nSPS) is 13.7. The van der Waals surface area contributed by atoms with E-state index in [1.807, 2.05) is 0 Å². The number of carbonyl (C=O) groups excluding carboxylic acids is 3. The number of rotatable bonds is 2. The molecule has 1 N–H and O–H groups in total. The van der Waals surface area contributed by atoms with E-state index in [-0.39, 0.29) is 16.7 Å². The zero-order valence-corrected chi connectivity index (χ0v) is 11.0. The molecule has 22 heavy (non-hydrogen) atoms. The highest BCUT2D eigenvalue weighted by atomic mass is 16.7. The van der Waals surface area contributed by atoms with E-state index in [9.17, 15) is 14.4 Å². The quantitative estimate of drug-likeness (QED) is 0.712. The van der Waals surface area contributed by atoms with Gasteiger partial charge in [-0.15, -0.1) is 0 Å². The van der Waals surface area contributed by atoms with Gasteiger partial charge in [-0.3, -0.25) is 14.7 Å². The van der Waals surface area contributed by atoms with Crippen LogP contribution in [0.3, 0.4) is 0 Å². The average molecular weight is 296 g/mol. The Morgan fingerprint density at radius 3 is 2.50 bits per heavy atom. The van der Waals surface area contributed by atoms with Gasteiger partial charge in [0.2, 0.25) is 0 Å². The van der Waals surface area contributed by atoms with Crippen LogP contribution in [-0.2, 0) is 4.84 Å². The second-order valence-corrected chi connectivity index (χ2v) is 4.64. The molecule has 108 valence electrons. The van der Waals surface area contributed by atoms with Gasteiger partial charge in [-0.1, -0.05) is 17.2 Å². The minimum absolute atomic E-state index is 0.126. The van der Waals surface area contributed by atoms with Crippen molar-refractivity contribution in [1.29, 1.82) is 0 Å². The molecule has 3 heterocycles. The molecule has 8 nitrogen and oxygen atoms in total. The molecule has 0 aliphatic carbocycles. The molecule has 0 radical (unpaired) electrons. The van der Waals surface area contributed by atoms with Gasteiger partial charge in [0.15, 0.2) is 5.65 Å². The number of nitrogens with one attached hydrogen (secondary N) is 1. The van der Waals surface area contributed by atoms with Gasteiger partial charge < -0.3 is 4.84 Å². The van der Waals surface area contributed by atoms with Crippen molar-refractivity contribution in [3.63, 3.8) is 0 Å². The van der Waals surface area contributed by atoms with E-state index in [0.717, 1.165) is 0 Å². The maximum atomic E-state index is 12.2. The number of aromatic amines is 1. The Morgan fingerprint density at radius 1 is 1.14 bits per heavy atom. The second kappa shape index (κ2) is 4.29. The first-order valence-electron chi connectivity index (χ1n) is 6.37. The highest BCUT2D eigenvalue weighted by Crippen LogP contribution is 2.23. The number of carbonyl (C=O) groups is 3. The fraction of sp³-hybridized carbons (Fsp3) is 0. The number of imide groups is 1. The van der Waals surface area contributed by atoms with E-state index in [0.29, 0.717) is 10.7 Å². The van der Waals surface area contributed by atoms with Crippen molar-refractivity contribution in [3.8, 4) is 0 Å². The van der Waals surface area contributed by atoms with Gasteiger partial charge in [-0.25, -0.2) is 14.3 Å². The summed E-state index contributed by atoms with van der Waals surface area (Å²) in [5, 5.41) is 3.25. The lowest BCUT2D eigenvalue weighted by Gasteiger charge is -2.11. The van der Waals surface area contributed by atoms with Gasteiger partial charge in [0, 0.05) is 18.6 Å².